The lowest BCUT2D eigenvalue weighted by atomic mass is 10.2. The summed E-state index contributed by atoms with van der Waals surface area (Å²) in [5.41, 5.74) is 0.584. The number of benzene rings is 2. The van der Waals surface area contributed by atoms with E-state index in [9.17, 15) is 18.8 Å². The molecule has 9 heteroatoms. The summed E-state index contributed by atoms with van der Waals surface area (Å²) in [4.78, 5) is 37.4. The van der Waals surface area contributed by atoms with Crippen LogP contribution in [-0.2, 0) is 20.9 Å². The van der Waals surface area contributed by atoms with Crippen molar-refractivity contribution in [1.29, 1.82) is 0 Å². The van der Waals surface area contributed by atoms with Crippen LogP contribution in [0.1, 0.15) is 15.9 Å². The van der Waals surface area contributed by atoms with Gasteiger partial charge in [-0.15, -0.1) is 0 Å². The topological polar surface area (TPSA) is 94.2 Å². The molecule has 2 amide bonds. The molecule has 0 saturated carbocycles. The third kappa shape index (κ3) is 6.47. The van der Waals surface area contributed by atoms with Crippen molar-refractivity contribution in [2.24, 2.45) is 0 Å². The first kappa shape index (κ1) is 22.7. The molecule has 1 N–H and O–H groups in total. The molecule has 0 fully saturated rings. The van der Waals surface area contributed by atoms with Crippen molar-refractivity contribution in [3.8, 4) is 11.5 Å². The van der Waals surface area contributed by atoms with Crippen LogP contribution in [0.4, 0.5) is 4.39 Å². The molecule has 8 nitrogen and oxygen atoms in total. The lowest BCUT2D eigenvalue weighted by molar-refractivity contribution is -0.150. The molecular weight excluding hydrogens is 395 g/mol. The molecule has 0 radical (unpaired) electrons. The number of ether oxygens (including phenoxy) is 3. The molecule has 0 atom stereocenters. The maximum absolute atomic E-state index is 13.7. The van der Waals surface area contributed by atoms with Gasteiger partial charge < -0.3 is 24.4 Å². The first-order chi connectivity index (χ1) is 14.3. The summed E-state index contributed by atoms with van der Waals surface area (Å²) in [5, 5.41) is 2.40. The van der Waals surface area contributed by atoms with Gasteiger partial charge >= 0.3 is 5.97 Å². The van der Waals surface area contributed by atoms with Crippen LogP contribution in [0.5, 0.6) is 11.5 Å². The maximum Gasteiger partial charge on any atom is 0.325 e. The number of carbonyl (C=O) groups is 3. The Hall–Kier alpha value is -3.62. The van der Waals surface area contributed by atoms with Gasteiger partial charge in [-0.1, -0.05) is 18.2 Å². The number of rotatable bonds is 9. The Morgan fingerprint density at radius 2 is 1.67 bits per heavy atom. The zero-order valence-electron chi connectivity index (χ0n) is 16.9. The normalized spacial score (nSPS) is 10.1. The molecule has 2 aromatic rings. The Labute approximate surface area is 173 Å². The largest absolute Gasteiger partial charge is 0.497 e. The number of hydrogen-bond donors (Lipinski definition) is 1. The Morgan fingerprint density at radius 3 is 2.27 bits per heavy atom. The van der Waals surface area contributed by atoms with Gasteiger partial charge in [-0.3, -0.25) is 14.4 Å². The summed E-state index contributed by atoms with van der Waals surface area (Å²) >= 11 is 0. The van der Waals surface area contributed by atoms with Crippen molar-refractivity contribution in [2.75, 3.05) is 34.4 Å². The summed E-state index contributed by atoms with van der Waals surface area (Å²) in [7, 11) is 4.38. The SMILES string of the molecule is COc1cc(OC)cc(C(=O)NCC(=O)OCC(=O)N(C)Cc2ccccc2F)c1. The molecular formula is C21H23FN2O6. The van der Waals surface area contributed by atoms with Gasteiger partial charge in [0.15, 0.2) is 6.61 Å². The highest BCUT2D eigenvalue weighted by atomic mass is 19.1. The van der Waals surface area contributed by atoms with Crippen molar-refractivity contribution in [1.82, 2.24) is 10.2 Å². The molecule has 0 aliphatic carbocycles. The minimum Gasteiger partial charge on any atom is -0.497 e. The van der Waals surface area contributed by atoms with E-state index in [0.29, 0.717) is 17.1 Å². The number of methoxy groups -OCH3 is 2. The molecule has 0 spiro atoms. The predicted octanol–water partition coefficient (Wildman–Crippen LogP) is 1.77. The first-order valence-corrected chi connectivity index (χ1v) is 8.98. The van der Waals surface area contributed by atoms with Crippen LogP contribution in [0.2, 0.25) is 0 Å². The molecule has 30 heavy (non-hydrogen) atoms. The van der Waals surface area contributed by atoms with Gasteiger partial charge in [-0.2, -0.15) is 0 Å². The van der Waals surface area contributed by atoms with Gasteiger partial charge in [0.1, 0.15) is 23.9 Å². The Kier molecular flexibility index (Phi) is 8.16. The average molecular weight is 418 g/mol. The van der Waals surface area contributed by atoms with Crippen molar-refractivity contribution < 1.29 is 33.0 Å². The molecule has 0 unspecified atom stereocenters. The highest BCUT2D eigenvalue weighted by molar-refractivity contribution is 5.96. The highest BCUT2D eigenvalue weighted by Gasteiger charge is 2.16. The quantitative estimate of drug-likeness (QED) is 0.624. The van der Waals surface area contributed by atoms with Crippen LogP contribution in [0.15, 0.2) is 42.5 Å². The zero-order chi connectivity index (χ0) is 22.1. The number of amides is 2. The Balaban J connectivity index is 1.81. The van der Waals surface area contributed by atoms with Crippen molar-refractivity contribution in [3.05, 3.63) is 59.4 Å². The lowest BCUT2D eigenvalue weighted by Crippen LogP contribution is -2.34. The molecule has 2 rings (SSSR count). The summed E-state index contributed by atoms with van der Waals surface area (Å²) in [6, 6.07) is 10.7. The molecule has 0 aromatic heterocycles. The van der Waals surface area contributed by atoms with E-state index in [4.69, 9.17) is 14.2 Å². The second-order valence-electron chi connectivity index (χ2n) is 6.29. The number of likely N-dealkylation sites (N-methyl/N-ethyl adjacent to an activating group) is 1. The standard InChI is InChI=1S/C21H23FN2O6/c1-24(12-14-6-4-5-7-18(14)22)19(25)13-30-20(26)11-23-21(27)15-8-16(28-2)10-17(9-15)29-3/h4-10H,11-13H2,1-3H3,(H,23,27). The van der Waals surface area contributed by atoms with E-state index in [2.05, 4.69) is 5.32 Å². The first-order valence-electron chi connectivity index (χ1n) is 8.98. The van der Waals surface area contributed by atoms with Crippen LogP contribution in [0, 0.1) is 5.82 Å². The highest BCUT2D eigenvalue weighted by Crippen LogP contribution is 2.22. The van der Waals surface area contributed by atoms with Crippen molar-refractivity contribution in [2.45, 2.75) is 6.54 Å². The fourth-order valence-electron chi connectivity index (χ4n) is 2.47. The number of nitrogens with zero attached hydrogens (tertiary/aromatic N) is 1. The fraction of sp³-hybridized carbons (Fsp3) is 0.286. The van der Waals surface area contributed by atoms with Crippen molar-refractivity contribution in [3.63, 3.8) is 0 Å². The summed E-state index contributed by atoms with van der Waals surface area (Å²) in [5.74, 6) is -1.41. The van der Waals surface area contributed by atoms with Crippen LogP contribution < -0.4 is 14.8 Å². The monoisotopic (exact) mass is 418 g/mol. The second-order valence-corrected chi connectivity index (χ2v) is 6.29. The van der Waals surface area contributed by atoms with Gasteiger partial charge in [0, 0.05) is 30.8 Å². The molecule has 0 saturated heterocycles. The third-order valence-electron chi connectivity index (χ3n) is 4.15. The second kappa shape index (κ2) is 10.8. The van der Waals surface area contributed by atoms with Crippen LogP contribution in [0.3, 0.4) is 0 Å². The van der Waals surface area contributed by atoms with E-state index in [-0.39, 0.29) is 12.1 Å². The zero-order valence-corrected chi connectivity index (χ0v) is 16.9. The van der Waals surface area contributed by atoms with E-state index in [1.54, 1.807) is 24.3 Å². The molecule has 0 heterocycles. The maximum atomic E-state index is 13.7. The Bertz CT molecular complexity index is 896. The lowest BCUT2D eigenvalue weighted by Gasteiger charge is -2.17. The molecule has 2 aromatic carbocycles. The number of carbonyl (C=O) groups excluding carboxylic acids is 3. The smallest absolute Gasteiger partial charge is 0.325 e. The number of esters is 1. The van der Waals surface area contributed by atoms with E-state index >= 15 is 0 Å². The number of hydrogen-bond acceptors (Lipinski definition) is 6. The molecule has 0 aliphatic rings. The summed E-state index contributed by atoms with van der Waals surface area (Å²) < 4.78 is 28.7. The van der Waals surface area contributed by atoms with Crippen LogP contribution >= 0.6 is 0 Å². The predicted molar refractivity (Wildman–Crippen MR) is 106 cm³/mol. The van der Waals surface area contributed by atoms with Crippen molar-refractivity contribution >= 4 is 17.8 Å². The van der Waals surface area contributed by atoms with Gasteiger partial charge in [0.25, 0.3) is 11.8 Å². The number of nitrogens with one attached hydrogen (secondary N) is 1. The Morgan fingerprint density at radius 1 is 1.03 bits per heavy atom. The van der Waals surface area contributed by atoms with Gasteiger partial charge in [-0.25, -0.2) is 4.39 Å². The van der Waals surface area contributed by atoms with Crippen LogP contribution in [0.25, 0.3) is 0 Å². The fourth-order valence-corrected chi connectivity index (χ4v) is 2.47. The average Bonchev–Trinajstić information content (AvgIpc) is 2.76. The van der Waals surface area contributed by atoms with E-state index in [1.807, 2.05) is 0 Å². The number of halogens is 1. The molecule has 0 bridgehead atoms. The molecule has 160 valence electrons. The van der Waals surface area contributed by atoms with Gasteiger partial charge in [-0.05, 0) is 18.2 Å². The van der Waals surface area contributed by atoms with Gasteiger partial charge in [0.05, 0.1) is 14.2 Å². The minimum atomic E-state index is -0.786. The van der Waals surface area contributed by atoms with E-state index in [1.165, 1.54) is 44.4 Å². The van der Waals surface area contributed by atoms with E-state index < -0.39 is 36.8 Å². The third-order valence-corrected chi connectivity index (χ3v) is 4.15. The minimum absolute atomic E-state index is 0.0392. The summed E-state index contributed by atoms with van der Waals surface area (Å²) in [6.45, 7) is -0.910. The summed E-state index contributed by atoms with van der Waals surface area (Å²) in [6.07, 6.45) is 0. The van der Waals surface area contributed by atoms with Crippen LogP contribution in [-0.4, -0.2) is 57.1 Å². The van der Waals surface area contributed by atoms with E-state index in [0.717, 1.165) is 0 Å². The molecule has 0 aliphatic heterocycles. The van der Waals surface area contributed by atoms with Gasteiger partial charge in [0.2, 0.25) is 0 Å².